The maximum absolute atomic E-state index is 11.0. The van der Waals surface area contributed by atoms with Crippen LogP contribution in [-0.4, -0.2) is 36.8 Å². The van der Waals surface area contributed by atoms with Crippen molar-refractivity contribution in [2.75, 3.05) is 0 Å². The number of rotatable bonds is 4. The van der Waals surface area contributed by atoms with Crippen LogP contribution in [0.5, 0.6) is 0 Å². The molecule has 0 atom stereocenters. The van der Waals surface area contributed by atoms with Crippen LogP contribution < -0.4 is 0 Å². The number of nitro benzene ring substituents is 1. The number of carboxylic acid groups (broad SMARTS) is 2. The average molecular weight is 305 g/mol. The first-order chi connectivity index (χ1) is 10.4. The van der Waals surface area contributed by atoms with Gasteiger partial charge in [0, 0.05) is 30.1 Å². The Kier molecular flexibility index (Phi) is 4.07. The van der Waals surface area contributed by atoms with Crippen molar-refractivity contribution in [3.8, 4) is 5.69 Å². The fourth-order valence-electron chi connectivity index (χ4n) is 1.95. The third kappa shape index (κ3) is 3.03. The highest BCUT2D eigenvalue weighted by atomic mass is 16.6. The molecule has 0 unspecified atom stereocenters. The molecule has 0 bridgehead atoms. The number of carbonyl (C=O) groups is 2. The molecule has 0 aliphatic heterocycles. The van der Waals surface area contributed by atoms with E-state index in [0.29, 0.717) is 5.69 Å². The Bertz CT molecular complexity index is 711. The molecule has 114 valence electrons. The summed E-state index contributed by atoms with van der Waals surface area (Å²) in [4.78, 5) is 32.3. The van der Waals surface area contributed by atoms with Crippen LogP contribution in [0, 0.1) is 10.1 Å². The maximum Gasteiger partial charge on any atom is 0.417 e. The van der Waals surface area contributed by atoms with Gasteiger partial charge in [-0.3, -0.25) is 10.1 Å². The van der Waals surface area contributed by atoms with Crippen molar-refractivity contribution in [3.05, 3.63) is 58.4 Å². The minimum atomic E-state index is -1.66. The number of benzene rings is 1. The molecule has 9 nitrogen and oxygen atoms in total. The summed E-state index contributed by atoms with van der Waals surface area (Å²) in [6.07, 6.45) is 0.0162. The molecule has 1 heterocycles. The molecule has 2 aromatic rings. The van der Waals surface area contributed by atoms with E-state index in [0.717, 1.165) is 6.07 Å². The zero-order chi connectivity index (χ0) is 16.3. The van der Waals surface area contributed by atoms with Crippen LogP contribution in [0.15, 0.2) is 42.7 Å². The molecule has 0 aliphatic carbocycles. The molecular formula is C13H11N3O6. The summed E-state index contributed by atoms with van der Waals surface area (Å²) in [5.41, 5.74) is 0.417. The van der Waals surface area contributed by atoms with Crippen molar-refractivity contribution < 1.29 is 24.7 Å². The van der Waals surface area contributed by atoms with Gasteiger partial charge >= 0.3 is 12.2 Å². The Morgan fingerprint density at radius 1 is 1.18 bits per heavy atom. The number of non-ortho nitro benzene ring substituents is 1. The van der Waals surface area contributed by atoms with E-state index in [1.165, 1.54) is 12.1 Å². The lowest BCUT2D eigenvalue weighted by Crippen LogP contribution is -2.34. The van der Waals surface area contributed by atoms with E-state index in [-0.39, 0.29) is 16.2 Å². The van der Waals surface area contributed by atoms with E-state index in [2.05, 4.69) is 0 Å². The van der Waals surface area contributed by atoms with Crippen molar-refractivity contribution in [2.24, 2.45) is 0 Å². The van der Waals surface area contributed by atoms with E-state index >= 15 is 0 Å². The quantitative estimate of drug-likeness (QED) is 0.660. The van der Waals surface area contributed by atoms with Crippen LogP contribution >= 0.6 is 0 Å². The smallest absolute Gasteiger partial charge is 0.417 e. The molecule has 0 radical (unpaired) electrons. The van der Waals surface area contributed by atoms with Gasteiger partial charge in [0.15, 0.2) is 0 Å². The summed E-state index contributed by atoms with van der Waals surface area (Å²) < 4.78 is 1.61. The van der Waals surface area contributed by atoms with Gasteiger partial charge in [-0.2, -0.15) is 0 Å². The molecule has 1 aromatic heterocycles. The Labute approximate surface area is 123 Å². The van der Waals surface area contributed by atoms with Crippen LogP contribution in [0.3, 0.4) is 0 Å². The van der Waals surface area contributed by atoms with E-state index in [4.69, 9.17) is 10.2 Å². The second-order valence-electron chi connectivity index (χ2n) is 4.31. The first-order valence-corrected chi connectivity index (χ1v) is 6.04. The van der Waals surface area contributed by atoms with Gasteiger partial charge in [-0.1, -0.05) is 0 Å². The van der Waals surface area contributed by atoms with E-state index in [9.17, 15) is 19.7 Å². The lowest BCUT2D eigenvalue weighted by Gasteiger charge is -2.16. The van der Waals surface area contributed by atoms with Crippen LogP contribution in [0.2, 0.25) is 0 Å². The van der Waals surface area contributed by atoms with Crippen molar-refractivity contribution >= 4 is 17.9 Å². The summed E-state index contributed by atoms with van der Waals surface area (Å²) >= 11 is 0. The molecule has 2 rings (SSSR count). The molecule has 22 heavy (non-hydrogen) atoms. The van der Waals surface area contributed by atoms with Gasteiger partial charge in [0.1, 0.15) is 0 Å². The van der Waals surface area contributed by atoms with Crippen molar-refractivity contribution in [3.63, 3.8) is 0 Å². The van der Waals surface area contributed by atoms with Crippen molar-refractivity contribution in [1.82, 2.24) is 9.47 Å². The molecular weight excluding hydrogens is 294 g/mol. The van der Waals surface area contributed by atoms with E-state index in [1.54, 1.807) is 29.1 Å². The van der Waals surface area contributed by atoms with Crippen LogP contribution in [0.1, 0.15) is 5.56 Å². The third-order valence-electron chi connectivity index (χ3n) is 2.95. The first-order valence-electron chi connectivity index (χ1n) is 6.04. The minimum absolute atomic E-state index is 0.159. The van der Waals surface area contributed by atoms with E-state index < -0.39 is 23.7 Å². The van der Waals surface area contributed by atoms with Crippen LogP contribution in [0.25, 0.3) is 5.69 Å². The second-order valence-corrected chi connectivity index (χ2v) is 4.31. The normalized spacial score (nSPS) is 10.2. The molecule has 9 heteroatoms. The number of imide groups is 1. The SMILES string of the molecule is O=C(O)N(Cc1cc([N+](=O)[O-])ccc1-n1cccc1)C(=O)O. The fraction of sp³-hybridized carbons (Fsp3) is 0.0769. The number of amides is 2. The van der Waals surface area contributed by atoms with Gasteiger partial charge in [-0.15, -0.1) is 0 Å². The number of hydrogen-bond donors (Lipinski definition) is 2. The molecule has 0 saturated carbocycles. The van der Waals surface area contributed by atoms with Gasteiger partial charge in [0.2, 0.25) is 0 Å². The van der Waals surface area contributed by atoms with Gasteiger partial charge in [-0.05, 0) is 18.2 Å². The molecule has 2 amide bonds. The fourth-order valence-corrected chi connectivity index (χ4v) is 1.95. The molecule has 0 saturated heterocycles. The summed E-state index contributed by atoms with van der Waals surface area (Å²) in [5, 5.41) is 28.7. The summed E-state index contributed by atoms with van der Waals surface area (Å²) in [5.74, 6) is 0. The largest absolute Gasteiger partial charge is 0.465 e. The van der Waals surface area contributed by atoms with Crippen molar-refractivity contribution in [2.45, 2.75) is 6.54 Å². The molecule has 0 spiro atoms. The Balaban J connectivity index is 2.50. The predicted molar refractivity (Wildman–Crippen MR) is 74.0 cm³/mol. The molecule has 0 fully saturated rings. The summed E-state index contributed by atoms with van der Waals surface area (Å²) in [7, 11) is 0. The minimum Gasteiger partial charge on any atom is -0.465 e. The van der Waals surface area contributed by atoms with Gasteiger partial charge < -0.3 is 14.8 Å². The monoisotopic (exact) mass is 305 g/mol. The first kappa shape index (κ1) is 15.0. The Morgan fingerprint density at radius 3 is 2.27 bits per heavy atom. The number of hydrogen-bond acceptors (Lipinski definition) is 4. The Hall–Kier alpha value is -3.36. The third-order valence-corrected chi connectivity index (χ3v) is 2.95. The number of aromatic nitrogens is 1. The van der Waals surface area contributed by atoms with Gasteiger partial charge in [-0.25, -0.2) is 14.5 Å². The topological polar surface area (TPSA) is 126 Å². The maximum atomic E-state index is 11.0. The number of nitrogens with zero attached hydrogens (tertiary/aromatic N) is 3. The molecule has 2 N–H and O–H groups in total. The Morgan fingerprint density at radius 2 is 1.77 bits per heavy atom. The van der Waals surface area contributed by atoms with Gasteiger partial charge in [0.05, 0.1) is 17.2 Å². The second kappa shape index (κ2) is 5.95. The zero-order valence-electron chi connectivity index (χ0n) is 11.1. The van der Waals surface area contributed by atoms with Crippen molar-refractivity contribution in [1.29, 1.82) is 0 Å². The highest BCUT2D eigenvalue weighted by Gasteiger charge is 2.23. The van der Waals surface area contributed by atoms with Crippen LogP contribution in [-0.2, 0) is 6.54 Å². The lowest BCUT2D eigenvalue weighted by atomic mass is 10.1. The summed E-state index contributed by atoms with van der Waals surface area (Å²) in [6, 6.07) is 7.31. The molecule has 1 aromatic carbocycles. The summed E-state index contributed by atoms with van der Waals surface area (Å²) in [6.45, 7) is -0.514. The average Bonchev–Trinajstić information content (AvgIpc) is 2.97. The highest BCUT2D eigenvalue weighted by molar-refractivity contribution is 5.85. The standard InChI is InChI=1S/C13H11N3O6/c17-12(18)15(13(19)20)8-9-7-10(16(21)22)3-4-11(9)14-5-1-2-6-14/h1-7H,8H2,(H,17,18)(H,19,20). The van der Waals surface area contributed by atoms with E-state index in [1.807, 2.05) is 0 Å². The predicted octanol–water partition coefficient (Wildman–Crippen LogP) is 2.54. The van der Waals surface area contributed by atoms with Gasteiger partial charge in [0.25, 0.3) is 5.69 Å². The van der Waals surface area contributed by atoms with Crippen LogP contribution in [0.4, 0.5) is 15.3 Å². The highest BCUT2D eigenvalue weighted by Crippen LogP contribution is 2.23. The lowest BCUT2D eigenvalue weighted by molar-refractivity contribution is -0.384. The zero-order valence-corrected chi connectivity index (χ0v) is 11.1. The molecule has 0 aliphatic rings. The number of nitro groups is 1.